The zero-order chi connectivity index (χ0) is 26.9. The number of thiazole rings is 1. The number of nitrogens with zero attached hydrogens (tertiary/aromatic N) is 5. The summed E-state index contributed by atoms with van der Waals surface area (Å²) in [6.07, 6.45) is 3.75. The summed E-state index contributed by atoms with van der Waals surface area (Å²) < 4.78 is 19.7. The van der Waals surface area contributed by atoms with Crippen LogP contribution in [-0.2, 0) is 0 Å². The fourth-order valence-electron chi connectivity index (χ4n) is 4.25. The van der Waals surface area contributed by atoms with Crippen molar-refractivity contribution in [3.05, 3.63) is 99.4 Å². The highest BCUT2D eigenvalue weighted by molar-refractivity contribution is 7.15. The second-order valence-corrected chi connectivity index (χ2v) is 9.57. The van der Waals surface area contributed by atoms with Gasteiger partial charge in [-0.25, -0.2) is 4.68 Å². The van der Waals surface area contributed by atoms with Gasteiger partial charge in [-0.05, 0) is 60.7 Å². The van der Waals surface area contributed by atoms with Crippen LogP contribution < -0.4 is 24.3 Å². The van der Waals surface area contributed by atoms with Gasteiger partial charge in [-0.1, -0.05) is 29.5 Å². The zero-order valence-electron chi connectivity index (χ0n) is 21.4. The summed E-state index contributed by atoms with van der Waals surface area (Å²) in [6, 6.07) is 22.9. The zero-order valence-corrected chi connectivity index (χ0v) is 22.2. The highest BCUT2D eigenvalue weighted by atomic mass is 32.1. The third-order valence-corrected chi connectivity index (χ3v) is 7.20. The minimum absolute atomic E-state index is 0.248. The van der Waals surface area contributed by atoms with Crippen molar-refractivity contribution < 1.29 is 14.2 Å². The molecule has 0 aliphatic carbocycles. The Kier molecular flexibility index (Phi) is 6.29. The molecule has 0 bridgehead atoms. The maximum absolute atomic E-state index is 13.4. The maximum Gasteiger partial charge on any atom is 0.291 e. The van der Waals surface area contributed by atoms with Gasteiger partial charge < -0.3 is 14.2 Å². The van der Waals surface area contributed by atoms with Gasteiger partial charge in [0.05, 0.1) is 31.5 Å². The summed E-state index contributed by atoms with van der Waals surface area (Å²) in [4.78, 5) is 18.5. The first kappa shape index (κ1) is 24.4. The number of hydrogen-bond donors (Lipinski definition) is 0. The first-order valence-electron chi connectivity index (χ1n) is 12.0. The van der Waals surface area contributed by atoms with Crippen molar-refractivity contribution in [2.24, 2.45) is 0 Å². The monoisotopic (exact) mass is 537 g/mol. The van der Waals surface area contributed by atoms with Gasteiger partial charge in [0.15, 0.2) is 17.3 Å². The van der Waals surface area contributed by atoms with E-state index in [1.807, 2.05) is 77.6 Å². The largest absolute Gasteiger partial charge is 0.497 e. The van der Waals surface area contributed by atoms with Crippen LogP contribution in [-0.4, -0.2) is 45.7 Å². The van der Waals surface area contributed by atoms with E-state index in [4.69, 9.17) is 19.3 Å². The van der Waals surface area contributed by atoms with Gasteiger partial charge in [0.1, 0.15) is 11.4 Å². The topological polar surface area (TPSA) is 92.8 Å². The molecular weight excluding hydrogens is 514 g/mol. The Bertz CT molecular complexity index is 1890. The standard InChI is InChI=1S/C29H23N5O4S/c1-36-22-12-9-18(10-13-22)26-20(17-33(31-26)21-7-5-4-6-8-21)16-25-28(35)34-29(39-25)30-27(32-34)19-11-14-23(37-2)24(15-19)38-3/h4-17H,1-3H3. The molecule has 0 saturated heterocycles. The maximum atomic E-state index is 13.4. The summed E-state index contributed by atoms with van der Waals surface area (Å²) in [5.41, 5.74) is 3.83. The Morgan fingerprint density at radius 1 is 0.821 bits per heavy atom. The van der Waals surface area contributed by atoms with Gasteiger partial charge in [-0.2, -0.15) is 14.6 Å². The number of fused-ring (bicyclic) bond motifs is 1. The Morgan fingerprint density at radius 2 is 1.56 bits per heavy atom. The molecule has 0 radical (unpaired) electrons. The van der Waals surface area contributed by atoms with Crippen molar-refractivity contribution in [2.45, 2.75) is 0 Å². The van der Waals surface area contributed by atoms with Gasteiger partial charge in [-0.15, -0.1) is 5.10 Å². The second kappa shape index (κ2) is 10.1. The van der Waals surface area contributed by atoms with Crippen LogP contribution in [0.15, 0.2) is 83.8 Å². The normalized spacial score (nSPS) is 11.7. The molecule has 0 N–H and O–H groups in total. The van der Waals surface area contributed by atoms with Crippen molar-refractivity contribution in [1.82, 2.24) is 24.4 Å². The summed E-state index contributed by atoms with van der Waals surface area (Å²) in [5, 5.41) is 9.33. The molecule has 6 rings (SSSR count). The van der Waals surface area contributed by atoms with Crippen LogP contribution in [0.4, 0.5) is 0 Å². The molecule has 0 aliphatic heterocycles. The van der Waals surface area contributed by atoms with Crippen LogP contribution in [0.1, 0.15) is 5.56 Å². The first-order valence-corrected chi connectivity index (χ1v) is 12.8. The lowest BCUT2D eigenvalue weighted by atomic mass is 10.1. The summed E-state index contributed by atoms with van der Waals surface area (Å²) in [7, 11) is 4.78. The van der Waals surface area contributed by atoms with Crippen LogP contribution in [0, 0.1) is 0 Å². The second-order valence-electron chi connectivity index (χ2n) is 8.56. The van der Waals surface area contributed by atoms with Crippen LogP contribution >= 0.6 is 11.3 Å². The number of aromatic nitrogens is 5. The van der Waals surface area contributed by atoms with E-state index < -0.39 is 0 Å². The molecule has 0 spiro atoms. The molecule has 9 nitrogen and oxygen atoms in total. The van der Waals surface area contributed by atoms with E-state index in [2.05, 4.69) is 10.1 Å². The number of hydrogen-bond acceptors (Lipinski definition) is 8. The lowest BCUT2D eigenvalue weighted by Gasteiger charge is -2.07. The predicted molar refractivity (Wildman–Crippen MR) is 150 cm³/mol. The van der Waals surface area contributed by atoms with Gasteiger partial charge >= 0.3 is 0 Å². The molecule has 0 amide bonds. The minimum Gasteiger partial charge on any atom is -0.497 e. The molecule has 39 heavy (non-hydrogen) atoms. The number of methoxy groups -OCH3 is 3. The molecule has 3 heterocycles. The molecule has 0 unspecified atom stereocenters. The Hall–Kier alpha value is -4.96. The highest BCUT2D eigenvalue weighted by Gasteiger charge is 2.16. The molecule has 0 saturated carbocycles. The number of benzene rings is 3. The quantitative estimate of drug-likeness (QED) is 0.301. The van der Waals surface area contributed by atoms with E-state index >= 15 is 0 Å². The van der Waals surface area contributed by atoms with Crippen LogP contribution in [0.2, 0.25) is 0 Å². The van der Waals surface area contributed by atoms with Crippen molar-refractivity contribution in [3.8, 4) is 45.6 Å². The molecular formula is C29H23N5O4S. The average molecular weight is 538 g/mol. The van der Waals surface area contributed by atoms with Crippen LogP contribution in [0.5, 0.6) is 17.2 Å². The molecule has 3 aromatic heterocycles. The number of rotatable bonds is 7. The average Bonchev–Trinajstić information content (AvgIpc) is 3.68. The van der Waals surface area contributed by atoms with Crippen LogP contribution in [0.25, 0.3) is 39.4 Å². The predicted octanol–water partition coefficient (Wildman–Crippen LogP) is 4.24. The summed E-state index contributed by atoms with van der Waals surface area (Å²) >= 11 is 1.28. The summed E-state index contributed by atoms with van der Waals surface area (Å²) in [6.45, 7) is 0. The third kappa shape index (κ3) is 4.51. The van der Waals surface area contributed by atoms with Gasteiger partial charge in [0, 0.05) is 22.9 Å². The smallest absolute Gasteiger partial charge is 0.291 e. The lowest BCUT2D eigenvalue weighted by Crippen LogP contribution is -2.23. The summed E-state index contributed by atoms with van der Waals surface area (Å²) in [5.74, 6) is 2.35. The van der Waals surface area contributed by atoms with Crippen molar-refractivity contribution in [1.29, 1.82) is 0 Å². The fourth-order valence-corrected chi connectivity index (χ4v) is 5.15. The van der Waals surface area contributed by atoms with Gasteiger partial charge in [0.2, 0.25) is 4.96 Å². The molecule has 0 aliphatic rings. The van der Waals surface area contributed by atoms with Gasteiger partial charge in [0.25, 0.3) is 5.56 Å². The molecule has 0 atom stereocenters. The molecule has 0 fully saturated rings. The minimum atomic E-state index is -0.248. The van der Waals surface area contributed by atoms with Crippen molar-refractivity contribution in [3.63, 3.8) is 0 Å². The number of para-hydroxylation sites is 1. The van der Waals surface area contributed by atoms with Crippen LogP contribution in [0.3, 0.4) is 0 Å². The molecule has 3 aromatic carbocycles. The molecule has 10 heteroatoms. The SMILES string of the molecule is COc1ccc(-c2nn(-c3ccccc3)cc2C=c2sc3nc(-c4ccc(OC)c(OC)c4)nn3c2=O)cc1. The molecule has 194 valence electrons. The highest BCUT2D eigenvalue weighted by Crippen LogP contribution is 2.31. The van der Waals surface area contributed by atoms with E-state index in [-0.39, 0.29) is 5.56 Å². The fraction of sp³-hybridized carbons (Fsp3) is 0.103. The Balaban J connectivity index is 1.44. The third-order valence-electron chi connectivity index (χ3n) is 6.24. The van der Waals surface area contributed by atoms with E-state index in [1.165, 1.54) is 15.9 Å². The number of ether oxygens (including phenoxy) is 3. The van der Waals surface area contributed by atoms with Crippen molar-refractivity contribution >= 4 is 22.4 Å². The molecule has 6 aromatic rings. The van der Waals surface area contributed by atoms with Gasteiger partial charge in [-0.3, -0.25) is 4.79 Å². The van der Waals surface area contributed by atoms with E-state index in [9.17, 15) is 4.79 Å². The van der Waals surface area contributed by atoms with E-state index in [0.717, 1.165) is 33.8 Å². The van der Waals surface area contributed by atoms with E-state index in [0.29, 0.717) is 26.8 Å². The first-order chi connectivity index (χ1) is 19.1. The van der Waals surface area contributed by atoms with Crippen molar-refractivity contribution in [2.75, 3.05) is 21.3 Å². The Labute approximate surface area is 227 Å². The van der Waals surface area contributed by atoms with E-state index in [1.54, 1.807) is 33.5 Å². The lowest BCUT2D eigenvalue weighted by molar-refractivity contribution is 0.355. The Morgan fingerprint density at radius 3 is 2.26 bits per heavy atom.